The first kappa shape index (κ1) is 20.7. The van der Waals surface area contributed by atoms with E-state index in [1.165, 1.54) is 0 Å². The molecule has 3 rings (SSSR count). The van der Waals surface area contributed by atoms with Crippen LogP contribution in [0.3, 0.4) is 0 Å². The van der Waals surface area contributed by atoms with Gasteiger partial charge in [0.2, 0.25) is 11.8 Å². The molecule has 6 heteroatoms. The van der Waals surface area contributed by atoms with Crippen LogP contribution in [0, 0.1) is 5.92 Å². The van der Waals surface area contributed by atoms with Gasteiger partial charge in [-0.3, -0.25) is 9.59 Å². The molecule has 1 aliphatic heterocycles. The maximum atomic E-state index is 12.6. The van der Waals surface area contributed by atoms with Crippen LogP contribution in [0.5, 0.6) is 11.5 Å². The molecule has 6 nitrogen and oxygen atoms in total. The van der Waals surface area contributed by atoms with Gasteiger partial charge in [-0.15, -0.1) is 0 Å². The standard InChI is InChI=1S/C23H28N2O4/c1-4-28-20-9-5-17(6-10-20)14-24-23(27)18-13-22(26)25(15-18)19-7-11-21(12-8-19)29-16(2)3/h5-12,16,18H,4,13-15H2,1-3H3,(H,24,27)/t18-/m0/s1. The summed E-state index contributed by atoms with van der Waals surface area (Å²) in [6, 6.07) is 15.0. The Kier molecular flexibility index (Phi) is 6.75. The largest absolute Gasteiger partial charge is 0.494 e. The Morgan fingerprint density at radius 1 is 1.10 bits per heavy atom. The molecule has 1 aliphatic rings. The lowest BCUT2D eigenvalue weighted by atomic mass is 10.1. The average Bonchev–Trinajstić information content (AvgIpc) is 3.09. The van der Waals surface area contributed by atoms with Crippen molar-refractivity contribution in [1.82, 2.24) is 5.32 Å². The van der Waals surface area contributed by atoms with Gasteiger partial charge in [0.25, 0.3) is 0 Å². The quantitative estimate of drug-likeness (QED) is 0.741. The summed E-state index contributed by atoms with van der Waals surface area (Å²) in [6.07, 6.45) is 0.317. The smallest absolute Gasteiger partial charge is 0.227 e. The summed E-state index contributed by atoms with van der Waals surface area (Å²) in [7, 11) is 0. The van der Waals surface area contributed by atoms with E-state index in [0.717, 1.165) is 22.7 Å². The summed E-state index contributed by atoms with van der Waals surface area (Å²) < 4.78 is 11.1. The number of ether oxygens (including phenoxy) is 2. The molecule has 1 fully saturated rings. The van der Waals surface area contributed by atoms with Gasteiger partial charge in [-0.25, -0.2) is 0 Å². The number of nitrogens with one attached hydrogen (secondary N) is 1. The second kappa shape index (κ2) is 9.45. The third kappa shape index (κ3) is 5.50. The number of benzene rings is 2. The van der Waals surface area contributed by atoms with Crippen molar-refractivity contribution in [2.75, 3.05) is 18.1 Å². The highest BCUT2D eigenvalue weighted by Crippen LogP contribution is 2.27. The summed E-state index contributed by atoms with van der Waals surface area (Å²) in [5, 5.41) is 2.94. The van der Waals surface area contributed by atoms with Crippen molar-refractivity contribution in [2.45, 2.75) is 39.8 Å². The zero-order chi connectivity index (χ0) is 20.8. The van der Waals surface area contributed by atoms with Crippen LogP contribution in [0.4, 0.5) is 5.69 Å². The Labute approximate surface area is 171 Å². The predicted molar refractivity (Wildman–Crippen MR) is 112 cm³/mol. The molecule has 1 N–H and O–H groups in total. The van der Waals surface area contributed by atoms with Gasteiger partial charge in [0.05, 0.1) is 18.6 Å². The van der Waals surface area contributed by atoms with E-state index >= 15 is 0 Å². The number of hydrogen-bond acceptors (Lipinski definition) is 4. The minimum Gasteiger partial charge on any atom is -0.494 e. The highest BCUT2D eigenvalue weighted by Gasteiger charge is 2.35. The van der Waals surface area contributed by atoms with Crippen LogP contribution >= 0.6 is 0 Å². The highest BCUT2D eigenvalue weighted by atomic mass is 16.5. The Morgan fingerprint density at radius 2 is 1.76 bits per heavy atom. The monoisotopic (exact) mass is 396 g/mol. The van der Waals surface area contributed by atoms with Crippen LogP contribution in [0.2, 0.25) is 0 Å². The summed E-state index contributed by atoms with van der Waals surface area (Å²) in [4.78, 5) is 26.6. The molecule has 1 atom stereocenters. The molecular formula is C23H28N2O4. The number of carbonyl (C=O) groups excluding carboxylic acids is 2. The third-order valence-corrected chi connectivity index (χ3v) is 4.72. The number of nitrogens with zero attached hydrogens (tertiary/aromatic N) is 1. The molecule has 2 aromatic carbocycles. The summed E-state index contributed by atoms with van der Waals surface area (Å²) >= 11 is 0. The minimum absolute atomic E-state index is 0.0382. The molecule has 0 aliphatic carbocycles. The first-order chi connectivity index (χ1) is 14.0. The maximum absolute atomic E-state index is 12.6. The van der Waals surface area contributed by atoms with Crippen molar-refractivity contribution >= 4 is 17.5 Å². The van der Waals surface area contributed by atoms with E-state index in [1.807, 2.05) is 69.3 Å². The van der Waals surface area contributed by atoms with E-state index in [-0.39, 0.29) is 30.3 Å². The second-order valence-electron chi connectivity index (χ2n) is 7.36. The van der Waals surface area contributed by atoms with Gasteiger partial charge in [-0.05, 0) is 62.7 Å². The zero-order valence-corrected chi connectivity index (χ0v) is 17.2. The first-order valence-corrected chi connectivity index (χ1v) is 10.0. The molecule has 0 bridgehead atoms. The zero-order valence-electron chi connectivity index (χ0n) is 17.2. The molecule has 2 aromatic rings. The van der Waals surface area contributed by atoms with E-state index < -0.39 is 0 Å². The fourth-order valence-corrected chi connectivity index (χ4v) is 3.31. The average molecular weight is 396 g/mol. The second-order valence-corrected chi connectivity index (χ2v) is 7.36. The first-order valence-electron chi connectivity index (χ1n) is 10.0. The van der Waals surface area contributed by atoms with Crippen LogP contribution in [-0.2, 0) is 16.1 Å². The Bertz CT molecular complexity index is 831. The number of anilines is 1. The van der Waals surface area contributed by atoms with Gasteiger partial charge < -0.3 is 19.7 Å². The molecule has 0 radical (unpaired) electrons. The van der Waals surface area contributed by atoms with E-state index in [0.29, 0.717) is 19.7 Å². The van der Waals surface area contributed by atoms with E-state index in [1.54, 1.807) is 4.90 Å². The summed E-state index contributed by atoms with van der Waals surface area (Å²) in [5.74, 6) is 1.08. The van der Waals surface area contributed by atoms with Crippen molar-refractivity contribution in [2.24, 2.45) is 5.92 Å². The molecule has 0 spiro atoms. The lowest BCUT2D eigenvalue weighted by Crippen LogP contribution is -2.32. The molecule has 29 heavy (non-hydrogen) atoms. The topological polar surface area (TPSA) is 67.9 Å². The van der Waals surface area contributed by atoms with E-state index in [4.69, 9.17) is 9.47 Å². The van der Waals surface area contributed by atoms with Gasteiger partial charge >= 0.3 is 0 Å². The van der Waals surface area contributed by atoms with Crippen LogP contribution < -0.4 is 19.7 Å². The molecule has 154 valence electrons. The van der Waals surface area contributed by atoms with Crippen molar-refractivity contribution < 1.29 is 19.1 Å². The summed E-state index contributed by atoms with van der Waals surface area (Å²) in [6.45, 7) is 7.31. The van der Waals surface area contributed by atoms with Crippen molar-refractivity contribution in [3.63, 3.8) is 0 Å². The van der Waals surface area contributed by atoms with Crippen molar-refractivity contribution in [1.29, 1.82) is 0 Å². The predicted octanol–water partition coefficient (Wildman–Crippen LogP) is 3.54. The number of carbonyl (C=O) groups is 2. The molecule has 1 saturated heterocycles. The molecule has 2 amide bonds. The van der Waals surface area contributed by atoms with Crippen LogP contribution in [-0.4, -0.2) is 31.1 Å². The summed E-state index contributed by atoms with van der Waals surface area (Å²) in [5.41, 5.74) is 1.77. The molecule has 1 heterocycles. The fraction of sp³-hybridized carbons (Fsp3) is 0.391. The van der Waals surface area contributed by atoms with Gasteiger partial charge in [0.1, 0.15) is 11.5 Å². The van der Waals surface area contributed by atoms with E-state index in [9.17, 15) is 9.59 Å². The molecular weight excluding hydrogens is 368 g/mol. The van der Waals surface area contributed by atoms with Gasteiger partial charge in [-0.1, -0.05) is 12.1 Å². The molecule has 0 saturated carbocycles. The van der Waals surface area contributed by atoms with Gasteiger partial charge in [0.15, 0.2) is 0 Å². The fourth-order valence-electron chi connectivity index (χ4n) is 3.31. The van der Waals surface area contributed by atoms with Crippen molar-refractivity contribution in [3.8, 4) is 11.5 Å². The lowest BCUT2D eigenvalue weighted by molar-refractivity contribution is -0.126. The van der Waals surface area contributed by atoms with Crippen LogP contribution in [0.25, 0.3) is 0 Å². The number of amides is 2. The van der Waals surface area contributed by atoms with Crippen molar-refractivity contribution in [3.05, 3.63) is 54.1 Å². The maximum Gasteiger partial charge on any atom is 0.227 e. The van der Waals surface area contributed by atoms with Gasteiger partial charge in [-0.2, -0.15) is 0 Å². The van der Waals surface area contributed by atoms with Gasteiger partial charge in [0, 0.05) is 25.2 Å². The Morgan fingerprint density at radius 3 is 2.38 bits per heavy atom. The molecule has 0 aromatic heterocycles. The Balaban J connectivity index is 1.54. The Hall–Kier alpha value is -3.02. The third-order valence-electron chi connectivity index (χ3n) is 4.72. The minimum atomic E-state index is -0.350. The normalized spacial score (nSPS) is 16.2. The molecule has 0 unspecified atom stereocenters. The van der Waals surface area contributed by atoms with Crippen LogP contribution in [0.15, 0.2) is 48.5 Å². The highest BCUT2D eigenvalue weighted by molar-refractivity contribution is 6.00. The SMILES string of the molecule is CCOc1ccc(CNC(=O)[C@H]2CC(=O)N(c3ccc(OC(C)C)cc3)C2)cc1. The number of hydrogen-bond donors (Lipinski definition) is 1. The number of rotatable bonds is 8. The van der Waals surface area contributed by atoms with Crippen LogP contribution in [0.1, 0.15) is 32.8 Å². The lowest BCUT2D eigenvalue weighted by Gasteiger charge is -2.18. The van der Waals surface area contributed by atoms with E-state index in [2.05, 4.69) is 5.32 Å².